The molecule has 0 saturated carbocycles. The first-order valence-electron chi connectivity index (χ1n) is 8.96. The molecule has 2 amide bonds. The van der Waals surface area contributed by atoms with Gasteiger partial charge >= 0.3 is 0 Å². The molecule has 0 aliphatic carbocycles. The van der Waals surface area contributed by atoms with Gasteiger partial charge in [0.2, 0.25) is 11.8 Å². The summed E-state index contributed by atoms with van der Waals surface area (Å²) in [5, 5.41) is 11.4. The standard InChI is InChI=1S/C21H24N2O3/c1-15(25)23-11-2-3-19-14-18(8-9-20(19)23)17-6-4-16(5-7-17)13-21(26)22-10-12-24/h4-9,14,24H,2-3,10-13H2,1H3,(H,22,26). The van der Waals surface area contributed by atoms with Crippen LogP contribution >= 0.6 is 0 Å². The predicted molar refractivity (Wildman–Crippen MR) is 102 cm³/mol. The van der Waals surface area contributed by atoms with E-state index in [0.29, 0.717) is 6.42 Å². The molecule has 1 aliphatic heterocycles. The molecule has 0 spiro atoms. The number of nitrogens with zero attached hydrogens (tertiary/aromatic N) is 1. The maximum atomic E-state index is 11.8. The van der Waals surface area contributed by atoms with Gasteiger partial charge in [-0.1, -0.05) is 30.3 Å². The number of hydrogen-bond donors (Lipinski definition) is 2. The van der Waals surface area contributed by atoms with Gasteiger partial charge in [-0.25, -0.2) is 0 Å². The first kappa shape index (κ1) is 18.1. The van der Waals surface area contributed by atoms with Crippen LogP contribution in [0.1, 0.15) is 24.5 Å². The van der Waals surface area contributed by atoms with Gasteiger partial charge in [0.15, 0.2) is 0 Å². The Morgan fingerprint density at radius 2 is 1.85 bits per heavy atom. The zero-order chi connectivity index (χ0) is 18.5. The number of aliphatic hydroxyl groups is 1. The molecule has 1 heterocycles. The number of rotatable bonds is 5. The molecule has 1 aliphatic rings. The van der Waals surface area contributed by atoms with Gasteiger partial charge < -0.3 is 15.3 Å². The van der Waals surface area contributed by atoms with Crippen LogP contribution in [0, 0.1) is 0 Å². The lowest BCUT2D eigenvalue weighted by molar-refractivity contribution is -0.120. The van der Waals surface area contributed by atoms with Crippen LogP contribution in [-0.2, 0) is 22.4 Å². The summed E-state index contributed by atoms with van der Waals surface area (Å²) in [5.41, 5.74) is 5.36. The molecule has 0 bridgehead atoms. The molecule has 0 saturated heterocycles. The van der Waals surface area contributed by atoms with Crippen molar-refractivity contribution in [2.45, 2.75) is 26.2 Å². The molecule has 0 aromatic heterocycles. The van der Waals surface area contributed by atoms with Crippen LogP contribution in [0.15, 0.2) is 42.5 Å². The van der Waals surface area contributed by atoms with Crippen molar-refractivity contribution in [2.24, 2.45) is 0 Å². The summed E-state index contributed by atoms with van der Waals surface area (Å²) in [7, 11) is 0. The molecule has 5 nitrogen and oxygen atoms in total. The first-order chi connectivity index (χ1) is 12.6. The average Bonchev–Trinajstić information content (AvgIpc) is 2.66. The van der Waals surface area contributed by atoms with Crippen LogP contribution in [-0.4, -0.2) is 36.6 Å². The van der Waals surface area contributed by atoms with Gasteiger partial charge in [0.1, 0.15) is 0 Å². The van der Waals surface area contributed by atoms with E-state index in [4.69, 9.17) is 5.11 Å². The van der Waals surface area contributed by atoms with Crippen LogP contribution < -0.4 is 10.2 Å². The molecule has 0 atom stereocenters. The monoisotopic (exact) mass is 352 g/mol. The van der Waals surface area contributed by atoms with E-state index in [0.717, 1.165) is 41.8 Å². The highest BCUT2D eigenvalue weighted by atomic mass is 16.3. The van der Waals surface area contributed by atoms with Crippen molar-refractivity contribution in [1.82, 2.24) is 5.32 Å². The van der Waals surface area contributed by atoms with Crippen LogP contribution in [0.3, 0.4) is 0 Å². The van der Waals surface area contributed by atoms with Crippen molar-refractivity contribution in [2.75, 3.05) is 24.6 Å². The van der Waals surface area contributed by atoms with Crippen LogP contribution in [0.5, 0.6) is 0 Å². The highest BCUT2D eigenvalue weighted by Gasteiger charge is 2.20. The zero-order valence-electron chi connectivity index (χ0n) is 15.0. The van der Waals surface area contributed by atoms with Crippen LogP contribution in [0.25, 0.3) is 11.1 Å². The second-order valence-electron chi connectivity index (χ2n) is 6.56. The Balaban J connectivity index is 1.75. The Hall–Kier alpha value is -2.66. The minimum Gasteiger partial charge on any atom is -0.395 e. The number of carbonyl (C=O) groups excluding carboxylic acids is 2. The topological polar surface area (TPSA) is 69.6 Å². The largest absolute Gasteiger partial charge is 0.395 e. The van der Waals surface area contributed by atoms with E-state index in [1.54, 1.807) is 6.92 Å². The number of nitrogens with one attached hydrogen (secondary N) is 1. The number of aryl methyl sites for hydroxylation is 1. The summed E-state index contributed by atoms with van der Waals surface area (Å²) in [6, 6.07) is 14.2. The molecule has 3 rings (SSSR count). The minimum atomic E-state index is -0.0927. The van der Waals surface area contributed by atoms with Gasteiger partial charge in [0, 0.05) is 25.7 Å². The average molecular weight is 352 g/mol. The summed E-state index contributed by atoms with van der Waals surface area (Å²) in [6.45, 7) is 2.63. The Morgan fingerprint density at radius 1 is 1.12 bits per heavy atom. The number of hydrogen-bond acceptors (Lipinski definition) is 3. The Labute approximate surface area is 153 Å². The molecular weight excluding hydrogens is 328 g/mol. The van der Waals surface area contributed by atoms with Crippen molar-refractivity contribution in [3.05, 3.63) is 53.6 Å². The lowest BCUT2D eigenvalue weighted by Gasteiger charge is -2.29. The second-order valence-corrected chi connectivity index (χ2v) is 6.56. The molecule has 0 radical (unpaired) electrons. The predicted octanol–water partition coefficient (Wildman–Crippen LogP) is 2.30. The number of benzene rings is 2. The zero-order valence-corrected chi connectivity index (χ0v) is 15.0. The number of aliphatic hydroxyl groups excluding tert-OH is 1. The van der Waals surface area contributed by atoms with Gasteiger partial charge in [-0.15, -0.1) is 0 Å². The molecule has 2 aromatic carbocycles. The van der Waals surface area contributed by atoms with E-state index >= 15 is 0 Å². The molecule has 5 heteroatoms. The summed E-state index contributed by atoms with van der Waals surface area (Å²) in [5.74, 6) is -0.00701. The van der Waals surface area contributed by atoms with E-state index in [2.05, 4.69) is 11.4 Å². The number of carbonyl (C=O) groups is 2. The third-order valence-electron chi connectivity index (χ3n) is 4.66. The van der Waals surface area contributed by atoms with Crippen LogP contribution in [0.4, 0.5) is 5.69 Å². The normalized spacial score (nSPS) is 13.2. The maximum absolute atomic E-state index is 11.8. The summed E-state index contributed by atoms with van der Waals surface area (Å²) < 4.78 is 0. The molecular formula is C21H24N2O3. The van der Waals surface area contributed by atoms with Crippen molar-refractivity contribution in [3.63, 3.8) is 0 Å². The molecule has 26 heavy (non-hydrogen) atoms. The van der Waals surface area contributed by atoms with E-state index in [1.165, 1.54) is 5.56 Å². The van der Waals surface area contributed by atoms with Crippen LogP contribution in [0.2, 0.25) is 0 Å². The van der Waals surface area contributed by atoms with Gasteiger partial charge in [-0.2, -0.15) is 0 Å². The van der Waals surface area contributed by atoms with Crippen molar-refractivity contribution in [3.8, 4) is 11.1 Å². The van der Waals surface area contributed by atoms with Gasteiger partial charge in [-0.3, -0.25) is 9.59 Å². The second kappa shape index (κ2) is 8.15. The fourth-order valence-electron chi connectivity index (χ4n) is 3.36. The highest BCUT2D eigenvalue weighted by molar-refractivity contribution is 5.93. The Bertz CT molecular complexity index is 799. The lowest BCUT2D eigenvalue weighted by Crippen LogP contribution is -2.33. The fraction of sp³-hybridized carbons (Fsp3) is 0.333. The molecule has 2 N–H and O–H groups in total. The van der Waals surface area contributed by atoms with Crippen molar-refractivity contribution in [1.29, 1.82) is 0 Å². The van der Waals surface area contributed by atoms with E-state index < -0.39 is 0 Å². The fourth-order valence-corrected chi connectivity index (χ4v) is 3.36. The molecule has 136 valence electrons. The summed E-state index contributed by atoms with van der Waals surface area (Å²) in [6.07, 6.45) is 2.27. The van der Waals surface area contributed by atoms with Gasteiger partial charge in [0.25, 0.3) is 0 Å². The Morgan fingerprint density at radius 3 is 2.54 bits per heavy atom. The van der Waals surface area contributed by atoms with Crippen molar-refractivity contribution >= 4 is 17.5 Å². The summed E-state index contributed by atoms with van der Waals surface area (Å²) >= 11 is 0. The molecule has 2 aromatic rings. The smallest absolute Gasteiger partial charge is 0.224 e. The SMILES string of the molecule is CC(=O)N1CCCc2cc(-c3ccc(CC(=O)NCCO)cc3)ccc21. The summed E-state index contributed by atoms with van der Waals surface area (Å²) in [4.78, 5) is 25.3. The highest BCUT2D eigenvalue weighted by Crippen LogP contribution is 2.31. The minimum absolute atomic E-state index is 0.0515. The number of anilines is 1. The van der Waals surface area contributed by atoms with E-state index in [9.17, 15) is 9.59 Å². The number of amides is 2. The van der Waals surface area contributed by atoms with Gasteiger partial charge in [-0.05, 0) is 47.2 Å². The molecule has 0 fully saturated rings. The number of fused-ring (bicyclic) bond motifs is 1. The third kappa shape index (κ3) is 4.11. The lowest BCUT2D eigenvalue weighted by atomic mass is 9.95. The van der Waals surface area contributed by atoms with E-state index in [-0.39, 0.29) is 25.0 Å². The van der Waals surface area contributed by atoms with E-state index in [1.807, 2.05) is 41.3 Å². The Kier molecular flexibility index (Phi) is 5.68. The third-order valence-corrected chi connectivity index (χ3v) is 4.66. The first-order valence-corrected chi connectivity index (χ1v) is 8.96. The maximum Gasteiger partial charge on any atom is 0.224 e. The van der Waals surface area contributed by atoms with Gasteiger partial charge in [0.05, 0.1) is 13.0 Å². The van der Waals surface area contributed by atoms with Crippen molar-refractivity contribution < 1.29 is 14.7 Å². The quantitative estimate of drug-likeness (QED) is 0.867. The molecule has 0 unspecified atom stereocenters.